The molecule has 0 aliphatic carbocycles. The van der Waals surface area contributed by atoms with Gasteiger partial charge >= 0.3 is 0 Å². The van der Waals surface area contributed by atoms with Crippen LogP contribution in [0.3, 0.4) is 0 Å². The minimum Gasteiger partial charge on any atom is -0.281 e. The zero-order valence-electron chi connectivity index (χ0n) is 9.60. The summed E-state index contributed by atoms with van der Waals surface area (Å²) in [6.45, 7) is 0. The number of thioether (sulfide) groups is 1. The topological polar surface area (TPSA) is 34.1 Å². The number of carbonyl (C=O) groups excluding carboxylic acids is 2. The average molecular weight is 311 g/mol. The Morgan fingerprint density at radius 3 is 1.47 bits per heavy atom. The van der Waals surface area contributed by atoms with Crippen LogP contribution in [-0.2, 0) is 0 Å². The van der Waals surface area contributed by atoms with E-state index in [4.69, 9.17) is 23.2 Å². The molecule has 2 aromatic carbocycles. The van der Waals surface area contributed by atoms with Gasteiger partial charge in [-0.1, -0.05) is 47.5 Å². The fourth-order valence-electron chi connectivity index (χ4n) is 1.45. The number of carbonyl (C=O) groups is 2. The number of benzene rings is 2. The Balaban J connectivity index is 2.19. The van der Waals surface area contributed by atoms with Crippen molar-refractivity contribution in [2.45, 2.75) is 0 Å². The van der Waals surface area contributed by atoms with E-state index in [1.165, 1.54) is 0 Å². The molecule has 0 aliphatic heterocycles. The molecule has 0 fully saturated rings. The van der Waals surface area contributed by atoms with E-state index in [9.17, 15) is 9.59 Å². The average Bonchev–Trinajstić information content (AvgIpc) is 2.39. The van der Waals surface area contributed by atoms with Gasteiger partial charge in [-0.25, -0.2) is 0 Å². The van der Waals surface area contributed by atoms with E-state index in [1.807, 2.05) is 0 Å². The van der Waals surface area contributed by atoms with Crippen molar-refractivity contribution in [3.05, 3.63) is 69.7 Å². The van der Waals surface area contributed by atoms with Crippen molar-refractivity contribution in [1.82, 2.24) is 0 Å². The summed E-state index contributed by atoms with van der Waals surface area (Å²) in [6, 6.07) is 13.2. The van der Waals surface area contributed by atoms with Crippen molar-refractivity contribution in [3.63, 3.8) is 0 Å². The lowest BCUT2D eigenvalue weighted by Crippen LogP contribution is -2.02. The minimum atomic E-state index is -0.393. The third kappa shape index (κ3) is 3.38. The van der Waals surface area contributed by atoms with E-state index in [0.29, 0.717) is 32.9 Å². The molecule has 0 saturated carbocycles. The quantitative estimate of drug-likeness (QED) is 0.805. The Bertz CT molecular complexity index is 585. The monoisotopic (exact) mass is 310 g/mol. The predicted molar refractivity (Wildman–Crippen MR) is 79.2 cm³/mol. The Kier molecular flexibility index (Phi) is 4.64. The predicted octanol–water partition coefficient (Wildman–Crippen LogP) is 4.71. The molecule has 0 saturated heterocycles. The minimum absolute atomic E-state index is 0.314. The van der Waals surface area contributed by atoms with Crippen LogP contribution in [0.4, 0.5) is 0 Å². The molecule has 0 amide bonds. The Morgan fingerprint density at radius 2 is 1.11 bits per heavy atom. The SMILES string of the molecule is O=C(SC(=O)c1ccccc1Cl)c1ccccc1Cl. The van der Waals surface area contributed by atoms with Crippen molar-refractivity contribution >= 4 is 45.2 Å². The van der Waals surface area contributed by atoms with Crippen LogP contribution in [0.2, 0.25) is 10.0 Å². The Morgan fingerprint density at radius 1 is 0.737 bits per heavy atom. The highest BCUT2D eigenvalue weighted by Crippen LogP contribution is 2.26. The van der Waals surface area contributed by atoms with E-state index in [0.717, 1.165) is 0 Å². The van der Waals surface area contributed by atoms with Gasteiger partial charge in [-0.3, -0.25) is 9.59 Å². The Hall–Kier alpha value is -1.29. The summed E-state index contributed by atoms with van der Waals surface area (Å²) in [5.74, 6) is 0. The van der Waals surface area contributed by atoms with Crippen molar-refractivity contribution in [1.29, 1.82) is 0 Å². The summed E-state index contributed by atoms with van der Waals surface area (Å²) in [5.41, 5.74) is 0.629. The van der Waals surface area contributed by atoms with Gasteiger partial charge in [0, 0.05) is 11.1 Å². The standard InChI is InChI=1S/C14H8Cl2O2S/c15-11-7-3-1-5-9(11)13(17)19-14(18)10-6-2-4-8-12(10)16/h1-8H. The van der Waals surface area contributed by atoms with Gasteiger partial charge in [0.15, 0.2) is 0 Å². The smallest absolute Gasteiger partial charge is 0.228 e. The number of rotatable bonds is 2. The second-order valence-corrected chi connectivity index (χ2v) is 5.40. The second-order valence-electron chi connectivity index (χ2n) is 3.64. The first-order valence-corrected chi connectivity index (χ1v) is 6.92. The molecule has 0 bridgehead atoms. The molecular weight excluding hydrogens is 303 g/mol. The van der Waals surface area contributed by atoms with Crippen molar-refractivity contribution in [3.8, 4) is 0 Å². The summed E-state index contributed by atoms with van der Waals surface area (Å²) in [6.07, 6.45) is 0. The lowest BCUT2D eigenvalue weighted by Gasteiger charge is -2.03. The lowest BCUT2D eigenvalue weighted by atomic mass is 10.2. The summed E-state index contributed by atoms with van der Waals surface area (Å²) < 4.78 is 0. The van der Waals surface area contributed by atoms with E-state index in [1.54, 1.807) is 48.5 Å². The normalized spacial score (nSPS) is 10.2. The van der Waals surface area contributed by atoms with Crippen LogP contribution >= 0.6 is 35.0 Å². The van der Waals surface area contributed by atoms with Crippen molar-refractivity contribution < 1.29 is 9.59 Å². The van der Waals surface area contributed by atoms with Crippen LogP contribution in [0.5, 0.6) is 0 Å². The molecule has 19 heavy (non-hydrogen) atoms. The van der Waals surface area contributed by atoms with Gasteiger partial charge in [-0.05, 0) is 36.0 Å². The maximum Gasteiger partial charge on any atom is 0.228 e. The number of hydrogen-bond acceptors (Lipinski definition) is 3. The van der Waals surface area contributed by atoms with Gasteiger partial charge in [-0.2, -0.15) is 0 Å². The molecule has 0 spiro atoms. The molecule has 96 valence electrons. The lowest BCUT2D eigenvalue weighted by molar-refractivity contribution is 0.106. The van der Waals surface area contributed by atoms with Gasteiger partial charge in [0.1, 0.15) is 0 Å². The summed E-state index contributed by atoms with van der Waals surface area (Å²) in [7, 11) is 0. The highest BCUT2D eigenvalue weighted by Gasteiger charge is 2.18. The molecule has 0 aliphatic rings. The highest BCUT2D eigenvalue weighted by molar-refractivity contribution is 8.27. The molecule has 0 N–H and O–H groups in total. The van der Waals surface area contributed by atoms with E-state index < -0.39 is 10.2 Å². The summed E-state index contributed by atoms with van der Waals surface area (Å²) >= 11 is 12.4. The largest absolute Gasteiger partial charge is 0.281 e. The molecular formula is C14H8Cl2O2S. The molecule has 0 radical (unpaired) electrons. The van der Waals surface area contributed by atoms with E-state index >= 15 is 0 Å². The van der Waals surface area contributed by atoms with Crippen LogP contribution < -0.4 is 0 Å². The third-order valence-corrected chi connectivity index (χ3v) is 3.84. The zero-order chi connectivity index (χ0) is 13.8. The van der Waals surface area contributed by atoms with E-state index in [2.05, 4.69) is 0 Å². The van der Waals surface area contributed by atoms with Gasteiger partial charge in [-0.15, -0.1) is 0 Å². The summed E-state index contributed by atoms with van der Waals surface area (Å²) in [5, 5.41) is -0.134. The van der Waals surface area contributed by atoms with Crippen molar-refractivity contribution in [2.75, 3.05) is 0 Å². The molecule has 0 atom stereocenters. The molecule has 2 nitrogen and oxygen atoms in total. The molecule has 5 heteroatoms. The third-order valence-electron chi connectivity index (χ3n) is 2.37. The molecule has 0 heterocycles. The van der Waals surface area contributed by atoms with Crippen LogP contribution in [0.1, 0.15) is 20.7 Å². The van der Waals surface area contributed by atoms with E-state index in [-0.39, 0.29) is 0 Å². The van der Waals surface area contributed by atoms with Gasteiger partial charge in [0.2, 0.25) is 10.2 Å². The fourth-order valence-corrected chi connectivity index (χ4v) is 2.75. The zero-order valence-corrected chi connectivity index (χ0v) is 11.9. The summed E-state index contributed by atoms with van der Waals surface area (Å²) in [4.78, 5) is 24.0. The fraction of sp³-hybridized carbons (Fsp3) is 0. The van der Waals surface area contributed by atoms with Gasteiger partial charge in [0.05, 0.1) is 10.0 Å². The number of hydrogen-bond donors (Lipinski definition) is 0. The van der Waals surface area contributed by atoms with Gasteiger partial charge in [0.25, 0.3) is 0 Å². The molecule has 2 aromatic rings. The van der Waals surface area contributed by atoms with Crippen LogP contribution in [0.15, 0.2) is 48.5 Å². The number of halogens is 2. The first-order valence-electron chi connectivity index (χ1n) is 5.35. The van der Waals surface area contributed by atoms with Crippen LogP contribution in [0, 0.1) is 0 Å². The first kappa shape index (κ1) is 14.1. The highest BCUT2D eigenvalue weighted by atomic mass is 35.5. The van der Waals surface area contributed by atoms with Crippen LogP contribution in [0.25, 0.3) is 0 Å². The van der Waals surface area contributed by atoms with Crippen molar-refractivity contribution in [2.24, 2.45) is 0 Å². The Labute approximate surface area is 124 Å². The molecule has 0 aromatic heterocycles. The first-order chi connectivity index (χ1) is 9.09. The maximum absolute atomic E-state index is 12.0. The van der Waals surface area contributed by atoms with Crippen LogP contribution in [-0.4, -0.2) is 10.2 Å². The second kappa shape index (κ2) is 6.24. The molecule has 2 rings (SSSR count). The van der Waals surface area contributed by atoms with Gasteiger partial charge < -0.3 is 0 Å². The molecule has 0 unspecified atom stereocenters. The maximum atomic E-state index is 12.0.